The van der Waals surface area contributed by atoms with E-state index in [1.165, 1.54) is 12.0 Å². The summed E-state index contributed by atoms with van der Waals surface area (Å²) in [5.74, 6) is -2.30. The number of Topliss-reactive ketones (excluding diaryl/α,β-unsaturated/α-hetero) is 1. The Balaban J connectivity index is 2.21. The van der Waals surface area contributed by atoms with E-state index >= 15 is 0 Å². The van der Waals surface area contributed by atoms with E-state index in [1.54, 1.807) is 13.8 Å². The smallest absolute Gasteiger partial charge is 0.354 e. The number of rotatable bonds is 7. The zero-order chi connectivity index (χ0) is 25.3. The number of quaternary nitrogens is 1. The van der Waals surface area contributed by atoms with Crippen LogP contribution in [0.2, 0.25) is 0 Å². The second kappa shape index (κ2) is 9.85. The maximum Gasteiger partial charge on any atom is 0.354 e. The number of methoxy groups -OCH3 is 1. The van der Waals surface area contributed by atoms with Gasteiger partial charge in [-0.1, -0.05) is 43.9 Å². The number of ether oxygens (including phenoxy) is 1. The number of nitrogens with one attached hydrogen (secondary N) is 2. The Bertz CT molecular complexity index is 1140. The molecule has 1 aliphatic rings. The van der Waals surface area contributed by atoms with Gasteiger partial charge in [-0.3, -0.25) is 9.59 Å². The highest BCUT2D eigenvalue weighted by Gasteiger charge is 2.44. The molecule has 1 aromatic carbocycles. The summed E-state index contributed by atoms with van der Waals surface area (Å²) in [4.78, 5) is 43.9. The van der Waals surface area contributed by atoms with E-state index in [4.69, 9.17) is 4.74 Å². The number of H-pyrrole nitrogens is 1. The van der Waals surface area contributed by atoms with Crippen LogP contribution in [-0.2, 0) is 14.3 Å². The largest absolute Gasteiger partial charge is 0.872 e. The van der Waals surface area contributed by atoms with E-state index in [-0.39, 0.29) is 16.8 Å². The van der Waals surface area contributed by atoms with E-state index in [9.17, 15) is 19.5 Å². The number of carbonyl (C=O) groups excluding carboxylic acids is 3. The average molecular weight is 468 g/mol. The zero-order valence-electron chi connectivity index (χ0n) is 20.9. The Morgan fingerprint density at radius 1 is 1.18 bits per heavy atom. The Morgan fingerprint density at radius 2 is 1.79 bits per heavy atom. The first kappa shape index (κ1) is 25.2. The summed E-state index contributed by atoms with van der Waals surface area (Å²) in [5.41, 5.74) is 2.97. The highest BCUT2D eigenvalue weighted by atomic mass is 16.5. The number of likely N-dealkylation sites (tertiary alicyclic amines) is 1. The topological polar surface area (TPSA) is 107 Å². The maximum atomic E-state index is 13.8. The van der Waals surface area contributed by atoms with Crippen molar-refractivity contribution in [3.05, 3.63) is 63.5 Å². The van der Waals surface area contributed by atoms with Crippen LogP contribution in [0.5, 0.6) is 0 Å². The van der Waals surface area contributed by atoms with Crippen molar-refractivity contribution in [1.82, 2.24) is 9.88 Å². The predicted molar refractivity (Wildman–Crippen MR) is 126 cm³/mol. The van der Waals surface area contributed by atoms with Crippen molar-refractivity contribution in [2.75, 3.05) is 34.3 Å². The number of amides is 1. The number of likely N-dealkylation sites (N-methyl/N-ethyl adjacent to an activating group) is 1. The van der Waals surface area contributed by atoms with E-state index < -0.39 is 29.5 Å². The number of hydrogen-bond donors (Lipinski definition) is 2. The number of benzene rings is 1. The fraction of sp³-hybridized carbons (Fsp3) is 0.423. The Kier molecular flexibility index (Phi) is 7.31. The number of esters is 1. The summed E-state index contributed by atoms with van der Waals surface area (Å²) in [7, 11) is 5.19. The van der Waals surface area contributed by atoms with Crippen LogP contribution < -0.4 is 10.0 Å². The van der Waals surface area contributed by atoms with Crippen LogP contribution in [0.25, 0.3) is 5.76 Å². The molecule has 0 aliphatic carbocycles. The third kappa shape index (κ3) is 4.50. The zero-order valence-corrected chi connectivity index (χ0v) is 20.9. The monoisotopic (exact) mass is 467 g/mol. The van der Waals surface area contributed by atoms with E-state index in [2.05, 4.69) is 18.8 Å². The van der Waals surface area contributed by atoms with Gasteiger partial charge >= 0.3 is 5.97 Å². The molecular weight excluding hydrogens is 434 g/mol. The summed E-state index contributed by atoms with van der Waals surface area (Å²) in [6.07, 6.45) is 0. The molecule has 1 saturated heterocycles. The van der Waals surface area contributed by atoms with Crippen molar-refractivity contribution in [2.24, 2.45) is 0 Å². The summed E-state index contributed by atoms with van der Waals surface area (Å²) in [5, 5.41) is 13.8. The molecule has 2 aromatic rings. The minimum atomic E-state index is -0.795. The van der Waals surface area contributed by atoms with Gasteiger partial charge in [0, 0.05) is 11.3 Å². The van der Waals surface area contributed by atoms with Crippen LogP contribution in [-0.4, -0.2) is 61.8 Å². The van der Waals surface area contributed by atoms with E-state index in [0.29, 0.717) is 35.8 Å². The van der Waals surface area contributed by atoms with Gasteiger partial charge in [0.05, 0.1) is 40.3 Å². The van der Waals surface area contributed by atoms with Gasteiger partial charge in [0.15, 0.2) is 0 Å². The van der Waals surface area contributed by atoms with Crippen molar-refractivity contribution in [3.63, 3.8) is 0 Å². The van der Waals surface area contributed by atoms with Gasteiger partial charge in [-0.05, 0) is 42.0 Å². The molecule has 182 valence electrons. The van der Waals surface area contributed by atoms with Crippen molar-refractivity contribution < 1.29 is 29.1 Å². The number of carbonyl (C=O) groups is 3. The quantitative estimate of drug-likeness (QED) is 0.272. The summed E-state index contributed by atoms with van der Waals surface area (Å²) in [6.45, 7) is 8.41. The van der Waals surface area contributed by atoms with Gasteiger partial charge in [0.2, 0.25) is 5.78 Å². The molecule has 0 saturated carbocycles. The van der Waals surface area contributed by atoms with Gasteiger partial charge in [-0.2, -0.15) is 0 Å². The summed E-state index contributed by atoms with van der Waals surface area (Å²) in [6, 6.07) is 6.90. The normalized spacial score (nSPS) is 17.8. The van der Waals surface area contributed by atoms with Gasteiger partial charge < -0.3 is 24.6 Å². The molecule has 1 amide bonds. The molecule has 1 fully saturated rings. The van der Waals surface area contributed by atoms with E-state index in [1.807, 2.05) is 38.4 Å². The first-order chi connectivity index (χ1) is 16.0. The lowest BCUT2D eigenvalue weighted by atomic mass is 9.92. The number of aryl methyl sites for hydroxylation is 1. The molecule has 2 heterocycles. The molecular formula is C26H33N3O5. The molecule has 1 unspecified atom stereocenters. The second-order valence-electron chi connectivity index (χ2n) is 9.37. The minimum absolute atomic E-state index is 0.0855. The predicted octanol–water partition coefficient (Wildman–Crippen LogP) is 0.910. The second-order valence-corrected chi connectivity index (χ2v) is 9.37. The molecule has 1 aliphatic heterocycles. The first-order valence-corrected chi connectivity index (χ1v) is 11.4. The number of ketones is 1. The van der Waals surface area contributed by atoms with Gasteiger partial charge in [-0.25, -0.2) is 4.79 Å². The van der Waals surface area contributed by atoms with Crippen LogP contribution in [0.1, 0.15) is 64.2 Å². The molecule has 0 bridgehead atoms. The number of hydrogen-bond acceptors (Lipinski definition) is 5. The maximum absolute atomic E-state index is 13.8. The number of aromatic amines is 1. The van der Waals surface area contributed by atoms with Crippen LogP contribution >= 0.6 is 0 Å². The molecule has 2 N–H and O–H groups in total. The molecule has 8 nitrogen and oxygen atoms in total. The SMILES string of the molecule is COC(=O)c1[nH]c(C)c(C([O-])=C2C(=O)C(=O)N(CC[NH+](C)C)C2c2ccc(C(C)C)cc2)c1C. The minimum Gasteiger partial charge on any atom is -0.872 e. The van der Waals surface area contributed by atoms with Gasteiger partial charge in [0.1, 0.15) is 5.69 Å². The molecule has 34 heavy (non-hydrogen) atoms. The van der Waals surface area contributed by atoms with Gasteiger partial charge in [-0.15, -0.1) is 0 Å². The molecule has 8 heteroatoms. The molecule has 3 rings (SSSR count). The van der Waals surface area contributed by atoms with Crippen molar-refractivity contribution in [3.8, 4) is 0 Å². The van der Waals surface area contributed by atoms with E-state index in [0.717, 1.165) is 10.5 Å². The Labute approximate surface area is 200 Å². The standard InChI is InChI=1S/C26H33N3O5/c1-14(2)17-8-10-18(11-9-17)22-20(24(31)25(32)29(22)13-12-28(5)6)23(30)19-15(3)21(26(33)34-7)27-16(19)4/h8-11,14,22,27,30H,12-13H2,1-7H3. The highest BCUT2D eigenvalue weighted by Crippen LogP contribution is 2.40. The van der Waals surface area contributed by atoms with Crippen molar-refractivity contribution >= 4 is 23.4 Å². The van der Waals surface area contributed by atoms with Crippen LogP contribution in [0.4, 0.5) is 0 Å². The Morgan fingerprint density at radius 3 is 2.32 bits per heavy atom. The van der Waals surface area contributed by atoms with Crippen LogP contribution in [0, 0.1) is 13.8 Å². The van der Waals surface area contributed by atoms with Crippen molar-refractivity contribution in [1.29, 1.82) is 0 Å². The summed E-state index contributed by atoms with van der Waals surface area (Å²) >= 11 is 0. The fourth-order valence-corrected chi connectivity index (χ4v) is 4.39. The average Bonchev–Trinajstić information content (AvgIpc) is 3.23. The number of nitrogens with zero attached hydrogens (tertiary/aromatic N) is 1. The molecule has 0 radical (unpaired) electrons. The fourth-order valence-electron chi connectivity index (χ4n) is 4.39. The lowest BCUT2D eigenvalue weighted by Gasteiger charge is -2.28. The molecule has 0 spiro atoms. The number of aromatic nitrogens is 1. The first-order valence-electron chi connectivity index (χ1n) is 11.4. The van der Waals surface area contributed by atoms with Crippen LogP contribution in [0.15, 0.2) is 29.8 Å². The third-order valence-electron chi connectivity index (χ3n) is 6.36. The lowest BCUT2D eigenvalue weighted by molar-refractivity contribution is -0.857. The molecule has 1 atom stereocenters. The highest BCUT2D eigenvalue weighted by molar-refractivity contribution is 6.46. The third-order valence-corrected chi connectivity index (χ3v) is 6.36. The van der Waals surface area contributed by atoms with Crippen molar-refractivity contribution in [2.45, 2.75) is 39.7 Å². The molecule has 1 aromatic heterocycles. The Hall–Kier alpha value is -3.39. The van der Waals surface area contributed by atoms with Crippen LogP contribution in [0.3, 0.4) is 0 Å². The van der Waals surface area contributed by atoms with Gasteiger partial charge in [0.25, 0.3) is 5.91 Å². The lowest BCUT2D eigenvalue weighted by Crippen LogP contribution is -3.06. The summed E-state index contributed by atoms with van der Waals surface area (Å²) < 4.78 is 4.80.